The molecule has 2 aliphatic rings. The maximum atomic E-state index is 15.2. The number of carbonyl (C=O) groups is 2. The molecule has 1 aromatic carbocycles. The van der Waals surface area contributed by atoms with Crippen LogP contribution in [0.1, 0.15) is 32.0 Å². The predicted molar refractivity (Wildman–Crippen MR) is 131 cm³/mol. The van der Waals surface area contributed by atoms with Crippen molar-refractivity contribution in [1.82, 2.24) is 29.4 Å². The molecule has 5 heterocycles. The highest BCUT2D eigenvalue weighted by molar-refractivity contribution is 5.98. The van der Waals surface area contributed by atoms with Crippen LogP contribution in [0, 0.1) is 5.82 Å². The summed E-state index contributed by atoms with van der Waals surface area (Å²) in [5, 5.41) is 3.92. The summed E-state index contributed by atoms with van der Waals surface area (Å²) in [4.78, 5) is 37.0. The molecule has 1 saturated heterocycles. The van der Waals surface area contributed by atoms with Crippen LogP contribution in [-0.4, -0.2) is 73.0 Å². The average molecular weight is 557 g/mol. The SMILES string of the molecule is Nc1ncnn2c(-c3cnc4c(c3)C(=O)N([C@@H]3CN(C(=O)c5ccc(F)cc5)C[C@@H]3F)CC4)cc(C(F)(F)F)c12. The van der Waals surface area contributed by atoms with Crippen molar-refractivity contribution in [3.63, 3.8) is 0 Å². The van der Waals surface area contributed by atoms with Gasteiger partial charge in [0.1, 0.15) is 23.8 Å². The first-order chi connectivity index (χ1) is 19.0. The van der Waals surface area contributed by atoms with Crippen molar-refractivity contribution in [2.24, 2.45) is 0 Å². The number of nitrogens with two attached hydrogens (primary N) is 1. The molecule has 40 heavy (non-hydrogen) atoms. The Morgan fingerprint density at radius 2 is 1.82 bits per heavy atom. The third-order valence-corrected chi connectivity index (χ3v) is 7.23. The number of hydrogen-bond acceptors (Lipinski definition) is 6. The van der Waals surface area contributed by atoms with Gasteiger partial charge in [-0.2, -0.15) is 18.3 Å². The largest absolute Gasteiger partial charge is 0.418 e. The number of rotatable bonds is 3. The van der Waals surface area contributed by atoms with Gasteiger partial charge in [-0.15, -0.1) is 0 Å². The third-order valence-electron chi connectivity index (χ3n) is 7.23. The zero-order valence-corrected chi connectivity index (χ0v) is 20.6. The van der Waals surface area contributed by atoms with Gasteiger partial charge in [-0.1, -0.05) is 0 Å². The summed E-state index contributed by atoms with van der Waals surface area (Å²) in [5.74, 6) is -1.91. The number of carbonyl (C=O) groups excluding carboxylic acids is 2. The van der Waals surface area contributed by atoms with Crippen LogP contribution in [0.5, 0.6) is 0 Å². The highest BCUT2D eigenvalue weighted by atomic mass is 19.4. The number of alkyl halides is 4. The first-order valence-corrected chi connectivity index (χ1v) is 12.2. The molecule has 4 aromatic rings. The first kappa shape index (κ1) is 25.6. The molecule has 206 valence electrons. The summed E-state index contributed by atoms with van der Waals surface area (Å²) in [5.41, 5.74) is 5.17. The van der Waals surface area contributed by atoms with Crippen LogP contribution >= 0.6 is 0 Å². The Morgan fingerprint density at radius 1 is 1.07 bits per heavy atom. The minimum absolute atomic E-state index is 0.00282. The Balaban J connectivity index is 1.31. The Morgan fingerprint density at radius 3 is 2.55 bits per heavy atom. The fourth-order valence-electron chi connectivity index (χ4n) is 5.29. The molecule has 2 aliphatic heterocycles. The summed E-state index contributed by atoms with van der Waals surface area (Å²) < 4.78 is 70.7. The molecule has 3 aromatic heterocycles. The number of anilines is 1. The molecule has 6 rings (SSSR count). The number of nitrogen functional groups attached to an aromatic ring is 1. The van der Waals surface area contributed by atoms with Crippen LogP contribution < -0.4 is 5.73 Å². The molecule has 0 bridgehead atoms. The van der Waals surface area contributed by atoms with E-state index in [-0.39, 0.29) is 54.3 Å². The smallest absolute Gasteiger partial charge is 0.382 e. The molecule has 2 amide bonds. The third kappa shape index (κ3) is 4.19. The summed E-state index contributed by atoms with van der Waals surface area (Å²) in [7, 11) is 0. The molecule has 0 saturated carbocycles. The second-order valence-electron chi connectivity index (χ2n) is 9.61. The highest BCUT2D eigenvalue weighted by Crippen LogP contribution is 2.39. The van der Waals surface area contributed by atoms with E-state index in [2.05, 4.69) is 15.1 Å². The Kier molecular flexibility index (Phi) is 5.93. The molecule has 0 radical (unpaired) electrons. The lowest BCUT2D eigenvalue weighted by atomic mass is 9.99. The lowest BCUT2D eigenvalue weighted by Gasteiger charge is -2.33. The summed E-state index contributed by atoms with van der Waals surface area (Å²) in [6.07, 6.45) is -3.63. The van der Waals surface area contributed by atoms with E-state index in [1.807, 2.05) is 0 Å². The maximum absolute atomic E-state index is 15.2. The van der Waals surface area contributed by atoms with Gasteiger partial charge in [-0.3, -0.25) is 14.6 Å². The number of benzene rings is 1. The van der Waals surface area contributed by atoms with Crippen LogP contribution in [-0.2, 0) is 12.6 Å². The van der Waals surface area contributed by atoms with E-state index < -0.39 is 47.1 Å². The monoisotopic (exact) mass is 557 g/mol. The summed E-state index contributed by atoms with van der Waals surface area (Å²) in [6.45, 7) is -0.161. The fraction of sp³-hybridized carbons (Fsp3) is 0.269. The van der Waals surface area contributed by atoms with Crippen LogP contribution in [0.2, 0.25) is 0 Å². The highest BCUT2D eigenvalue weighted by Gasteiger charge is 2.43. The predicted octanol–water partition coefficient (Wildman–Crippen LogP) is 3.39. The minimum Gasteiger partial charge on any atom is -0.382 e. The van der Waals surface area contributed by atoms with Gasteiger partial charge in [0.2, 0.25) is 0 Å². The van der Waals surface area contributed by atoms with E-state index in [4.69, 9.17) is 5.73 Å². The fourth-order valence-corrected chi connectivity index (χ4v) is 5.29. The number of pyridine rings is 1. The van der Waals surface area contributed by atoms with E-state index in [0.29, 0.717) is 5.69 Å². The van der Waals surface area contributed by atoms with Gasteiger partial charge in [0.25, 0.3) is 11.8 Å². The molecule has 1 fully saturated rings. The lowest BCUT2D eigenvalue weighted by Crippen LogP contribution is -2.49. The van der Waals surface area contributed by atoms with Gasteiger partial charge in [-0.05, 0) is 36.4 Å². The number of halogens is 5. The van der Waals surface area contributed by atoms with Crippen LogP contribution in [0.3, 0.4) is 0 Å². The second-order valence-corrected chi connectivity index (χ2v) is 9.61. The molecular formula is C26H20F5N7O2. The van der Waals surface area contributed by atoms with Crippen molar-refractivity contribution < 1.29 is 31.5 Å². The second kappa shape index (κ2) is 9.24. The summed E-state index contributed by atoms with van der Waals surface area (Å²) in [6, 6.07) is 6.21. The van der Waals surface area contributed by atoms with Gasteiger partial charge >= 0.3 is 6.18 Å². The number of likely N-dealkylation sites (tertiary alicyclic amines) is 1. The molecule has 2 atom stereocenters. The molecule has 9 nitrogen and oxygen atoms in total. The normalized spacial score (nSPS) is 19.4. The number of aromatic nitrogens is 4. The van der Waals surface area contributed by atoms with Gasteiger partial charge in [-0.25, -0.2) is 18.3 Å². The van der Waals surface area contributed by atoms with Gasteiger partial charge in [0.05, 0.1) is 35.1 Å². The van der Waals surface area contributed by atoms with Gasteiger partial charge < -0.3 is 15.5 Å². The molecule has 0 spiro atoms. The zero-order chi connectivity index (χ0) is 28.3. The molecular weight excluding hydrogens is 537 g/mol. The first-order valence-electron chi connectivity index (χ1n) is 12.2. The lowest BCUT2D eigenvalue weighted by molar-refractivity contribution is -0.136. The standard InChI is InChI=1S/C26H20F5N7O2/c27-15-3-1-13(2-4-15)24(39)36-10-18(28)21(11-36)37-6-5-19-16(25(37)40)7-14(9-33-19)20-8-17(26(29,30)31)22-23(32)34-12-35-38(20)22/h1-4,7-9,12,18,21H,5-6,10-11H2,(H2,32,34,35)/t18-,21+/m0/s1. The van der Waals surface area contributed by atoms with Crippen LogP contribution in [0.15, 0.2) is 48.9 Å². The number of fused-ring (bicyclic) bond motifs is 2. The van der Waals surface area contributed by atoms with Crippen molar-refractivity contribution in [2.45, 2.75) is 24.8 Å². The molecule has 0 aliphatic carbocycles. The van der Waals surface area contributed by atoms with Crippen molar-refractivity contribution in [3.8, 4) is 11.3 Å². The van der Waals surface area contributed by atoms with E-state index in [1.54, 1.807) is 0 Å². The van der Waals surface area contributed by atoms with Gasteiger partial charge in [0, 0.05) is 36.8 Å². The summed E-state index contributed by atoms with van der Waals surface area (Å²) >= 11 is 0. The van der Waals surface area contributed by atoms with E-state index in [0.717, 1.165) is 29.0 Å². The molecule has 2 N–H and O–H groups in total. The van der Waals surface area contributed by atoms with Crippen molar-refractivity contribution in [3.05, 3.63) is 77.1 Å². The Bertz CT molecular complexity index is 1650. The average Bonchev–Trinajstić information content (AvgIpc) is 3.51. The van der Waals surface area contributed by atoms with Crippen molar-refractivity contribution >= 4 is 23.1 Å². The number of nitrogens with zero attached hydrogens (tertiary/aromatic N) is 6. The van der Waals surface area contributed by atoms with E-state index >= 15 is 4.39 Å². The van der Waals surface area contributed by atoms with Crippen molar-refractivity contribution in [2.75, 3.05) is 25.4 Å². The van der Waals surface area contributed by atoms with Crippen LogP contribution in [0.25, 0.3) is 16.8 Å². The molecule has 14 heteroatoms. The zero-order valence-electron chi connectivity index (χ0n) is 20.6. The van der Waals surface area contributed by atoms with E-state index in [9.17, 15) is 27.2 Å². The van der Waals surface area contributed by atoms with Crippen LogP contribution in [0.4, 0.5) is 27.8 Å². The Hall–Kier alpha value is -4.62. The minimum atomic E-state index is -4.74. The van der Waals surface area contributed by atoms with Crippen molar-refractivity contribution in [1.29, 1.82) is 0 Å². The quantitative estimate of drug-likeness (QED) is 0.387. The Labute approximate surface area is 223 Å². The molecule has 0 unspecified atom stereocenters. The maximum Gasteiger partial charge on any atom is 0.418 e. The van der Waals surface area contributed by atoms with E-state index in [1.165, 1.54) is 34.2 Å². The topological polar surface area (TPSA) is 110 Å². The number of hydrogen-bond donors (Lipinski definition) is 1. The van der Waals surface area contributed by atoms with Gasteiger partial charge in [0.15, 0.2) is 5.82 Å². The number of amides is 2.